The van der Waals surface area contributed by atoms with E-state index in [0.717, 1.165) is 12.8 Å². The first kappa shape index (κ1) is 14.8. The molecule has 0 atom stereocenters. The second-order valence-electron chi connectivity index (χ2n) is 5.83. The Morgan fingerprint density at radius 3 is 1.32 bits per heavy atom. The van der Waals surface area contributed by atoms with Crippen LogP contribution in [0.25, 0.3) is 0 Å². The summed E-state index contributed by atoms with van der Waals surface area (Å²) >= 11 is -3.13. The molecule has 0 N–H and O–H groups in total. The summed E-state index contributed by atoms with van der Waals surface area (Å²) in [6.07, 6.45) is 2.06. The Morgan fingerprint density at radius 2 is 1.11 bits per heavy atom. The molecule has 100 valence electrons. The van der Waals surface area contributed by atoms with Crippen LogP contribution in [0.1, 0.15) is 26.7 Å². The minimum atomic E-state index is -3.13. The molecule has 0 heterocycles. The topological polar surface area (TPSA) is 6.48 Å². The molecule has 2 nitrogen and oxygen atoms in total. The SMILES string of the molecule is CC1=C=C=[C]([Hf]([C]2=C=C=C(C)C2)([N](C)C)[N](C)C)C1. The molecule has 2 aliphatic rings. The Hall–Kier alpha value is -0.610. The third kappa shape index (κ3) is 2.40. The van der Waals surface area contributed by atoms with Gasteiger partial charge in [-0.1, -0.05) is 0 Å². The zero-order valence-electron chi connectivity index (χ0n) is 12.8. The minimum absolute atomic E-state index is 1.03. The summed E-state index contributed by atoms with van der Waals surface area (Å²) in [6.45, 7) is 4.29. The molecular weight excluding hydrogens is 399 g/mol. The predicted octanol–water partition coefficient (Wildman–Crippen LogP) is 3.07. The zero-order chi connectivity index (χ0) is 14.2. The summed E-state index contributed by atoms with van der Waals surface area (Å²) in [7, 11) is 8.86. The predicted molar refractivity (Wildman–Crippen MR) is 76.1 cm³/mol. The van der Waals surface area contributed by atoms with Gasteiger partial charge >= 0.3 is 122 Å². The molecule has 0 saturated heterocycles. The maximum atomic E-state index is 3.45. The molecule has 0 aromatic heterocycles. The summed E-state index contributed by atoms with van der Waals surface area (Å²) in [5, 5.41) is 0. The van der Waals surface area contributed by atoms with Gasteiger partial charge in [0, 0.05) is 0 Å². The van der Waals surface area contributed by atoms with E-state index in [9.17, 15) is 0 Å². The average molecular weight is 421 g/mol. The van der Waals surface area contributed by atoms with Crippen LogP contribution in [0.5, 0.6) is 0 Å². The summed E-state index contributed by atoms with van der Waals surface area (Å²) in [4.78, 5) is 0. The fourth-order valence-electron chi connectivity index (χ4n) is 3.15. The molecule has 0 aliphatic heterocycles. The normalized spacial score (nSPS) is 18.1. The number of allylic oxidation sites excluding steroid dienone is 4. The fourth-order valence-corrected chi connectivity index (χ4v) is 20.5. The standard InChI is InChI=1S/2C6H5.2C2H6N.Hf/c2*1-6-4-2-3-5-6;2*1-3-2;/h2*4H2,1H3;2*1-2H3;/q;;2*-1;+2. The van der Waals surface area contributed by atoms with Crippen LogP contribution in [0, 0.1) is 0 Å². The van der Waals surface area contributed by atoms with Crippen molar-refractivity contribution in [1.82, 2.24) is 5.78 Å². The van der Waals surface area contributed by atoms with Crippen molar-refractivity contribution in [2.45, 2.75) is 26.7 Å². The van der Waals surface area contributed by atoms with Crippen LogP contribution >= 0.6 is 0 Å². The van der Waals surface area contributed by atoms with Crippen molar-refractivity contribution in [3.63, 3.8) is 0 Å². The second-order valence-corrected chi connectivity index (χ2v) is 21.4. The molecule has 0 aromatic rings. The Balaban J connectivity index is 2.65. The number of rotatable bonds is 4. The van der Waals surface area contributed by atoms with E-state index >= 15 is 0 Å². The van der Waals surface area contributed by atoms with Gasteiger partial charge in [0.25, 0.3) is 0 Å². The summed E-state index contributed by atoms with van der Waals surface area (Å²) in [5.74, 6) is 0. The molecule has 19 heavy (non-hydrogen) atoms. The van der Waals surface area contributed by atoms with E-state index in [4.69, 9.17) is 0 Å². The van der Waals surface area contributed by atoms with Crippen molar-refractivity contribution >= 4 is 0 Å². The first-order chi connectivity index (χ1) is 8.88. The molecule has 0 spiro atoms. The number of nitrogens with zero attached hydrogens (tertiary/aromatic N) is 2. The van der Waals surface area contributed by atoms with Crippen LogP contribution in [-0.2, 0) is 20.5 Å². The molecule has 2 aliphatic carbocycles. The quantitative estimate of drug-likeness (QED) is 0.509. The van der Waals surface area contributed by atoms with Crippen LogP contribution in [0.4, 0.5) is 0 Å². The van der Waals surface area contributed by atoms with Crippen molar-refractivity contribution in [1.29, 1.82) is 0 Å². The van der Waals surface area contributed by atoms with E-state index in [2.05, 4.69) is 70.7 Å². The summed E-state index contributed by atoms with van der Waals surface area (Å²) in [6, 6.07) is 0. The van der Waals surface area contributed by atoms with Crippen molar-refractivity contribution in [2.75, 3.05) is 28.2 Å². The first-order valence-electron chi connectivity index (χ1n) is 6.65. The van der Waals surface area contributed by atoms with E-state index in [-0.39, 0.29) is 0 Å². The number of hydrogen-bond donors (Lipinski definition) is 0. The Kier molecular flexibility index (Phi) is 4.21. The molecule has 2 rings (SSSR count). The van der Waals surface area contributed by atoms with Crippen molar-refractivity contribution in [3.05, 3.63) is 40.7 Å². The van der Waals surface area contributed by atoms with Gasteiger partial charge in [-0.25, -0.2) is 0 Å². The molecule has 0 fully saturated rings. The monoisotopic (exact) mass is 422 g/mol. The van der Waals surface area contributed by atoms with Gasteiger partial charge in [-0.3, -0.25) is 0 Å². The fraction of sp³-hybridized carbons (Fsp3) is 0.500. The van der Waals surface area contributed by atoms with E-state index in [0.29, 0.717) is 0 Å². The van der Waals surface area contributed by atoms with Gasteiger partial charge < -0.3 is 0 Å². The van der Waals surface area contributed by atoms with Crippen LogP contribution in [0.3, 0.4) is 0 Å². The van der Waals surface area contributed by atoms with Gasteiger partial charge in [0.05, 0.1) is 0 Å². The first-order valence-corrected chi connectivity index (χ1v) is 13.5. The Bertz CT molecular complexity index is 555. The van der Waals surface area contributed by atoms with Gasteiger partial charge in [0.2, 0.25) is 0 Å². The van der Waals surface area contributed by atoms with Crippen molar-refractivity contribution < 1.29 is 20.5 Å². The van der Waals surface area contributed by atoms with Crippen molar-refractivity contribution in [2.24, 2.45) is 0 Å². The maximum absolute atomic E-state index is 3.45. The molecule has 0 aromatic carbocycles. The van der Waals surface area contributed by atoms with Gasteiger partial charge in [-0.15, -0.1) is 0 Å². The van der Waals surface area contributed by atoms with Gasteiger partial charge in [0.1, 0.15) is 0 Å². The third-order valence-electron chi connectivity index (χ3n) is 3.87. The zero-order valence-corrected chi connectivity index (χ0v) is 16.4. The second kappa shape index (κ2) is 5.41. The van der Waals surface area contributed by atoms with E-state index in [1.54, 1.807) is 0 Å². The van der Waals surface area contributed by atoms with Crippen LogP contribution in [-0.4, -0.2) is 34.0 Å². The molecular formula is C16H22HfN2. The molecule has 0 unspecified atom stereocenters. The molecule has 0 amide bonds. The molecule has 0 radical (unpaired) electrons. The average Bonchev–Trinajstić information content (AvgIpc) is 2.89. The molecule has 3 heteroatoms. The van der Waals surface area contributed by atoms with Gasteiger partial charge in [-0.05, 0) is 0 Å². The van der Waals surface area contributed by atoms with E-state index in [1.807, 2.05) is 0 Å². The molecule has 0 bridgehead atoms. The summed E-state index contributed by atoms with van der Waals surface area (Å²) < 4.78 is 7.88. The van der Waals surface area contributed by atoms with Gasteiger partial charge in [0.15, 0.2) is 0 Å². The van der Waals surface area contributed by atoms with E-state index in [1.165, 1.54) is 17.8 Å². The Morgan fingerprint density at radius 1 is 0.737 bits per heavy atom. The number of hydrogen-bond acceptors (Lipinski definition) is 2. The third-order valence-corrected chi connectivity index (χ3v) is 21.4. The van der Waals surface area contributed by atoms with Crippen LogP contribution in [0.2, 0.25) is 0 Å². The van der Waals surface area contributed by atoms with Gasteiger partial charge in [-0.2, -0.15) is 0 Å². The van der Waals surface area contributed by atoms with E-state index < -0.39 is 20.5 Å². The van der Waals surface area contributed by atoms with Crippen molar-refractivity contribution in [3.8, 4) is 0 Å². The van der Waals surface area contributed by atoms with Crippen LogP contribution < -0.4 is 0 Å². The molecule has 0 saturated carbocycles. The Labute approximate surface area is 121 Å². The summed E-state index contributed by atoms with van der Waals surface area (Å²) in [5.41, 5.74) is 16.1. The van der Waals surface area contributed by atoms with Crippen LogP contribution in [0.15, 0.2) is 40.7 Å².